The van der Waals surface area contributed by atoms with Gasteiger partial charge in [-0.2, -0.15) is 10.4 Å². The molecule has 0 aliphatic carbocycles. The largest absolute Gasteiger partial charge is 0.282 e. The van der Waals surface area contributed by atoms with Gasteiger partial charge in [-0.1, -0.05) is 29.8 Å². The highest BCUT2D eigenvalue weighted by atomic mass is 32.2. The minimum absolute atomic E-state index is 0.0992. The normalized spacial score (nSPS) is 20.0. The lowest BCUT2D eigenvalue weighted by atomic mass is 10.2. The van der Waals surface area contributed by atoms with Gasteiger partial charge in [0.2, 0.25) is 0 Å². The highest BCUT2D eigenvalue weighted by Gasteiger charge is 2.27. The Balaban J connectivity index is 1.91. The molecule has 1 amide bonds. The van der Waals surface area contributed by atoms with Crippen molar-refractivity contribution in [3.8, 4) is 0 Å². The number of nitrogens with zero attached hydrogens (tertiary/aromatic N) is 1. The molecule has 1 aliphatic rings. The number of hydrogen-bond donors (Lipinski definition) is 2. The topological polar surface area (TPSA) is 45.9 Å². The van der Waals surface area contributed by atoms with E-state index in [9.17, 15) is 4.79 Å². The van der Waals surface area contributed by atoms with Crippen molar-refractivity contribution >= 4 is 22.8 Å². The molecule has 4 nitrogen and oxygen atoms in total. The number of nitrogens with one attached hydrogen (secondary N) is 2. The summed E-state index contributed by atoms with van der Waals surface area (Å²) in [4.78, 5) is 15.5. The van der Waals surface area contributed by atoms with Crippen LogP contribution in [0.5, 0.6) is 0 Å². The van der Waals surface area contributed by atoms with E-state index in [-0.39, 0.29) is 5.91 Å². The molecule has 0 saturated carbocycles. The standard InChI is InChI=1S/C13H17N3OS/c1-10-3-5-11(6-4-10)9-18-13(14-2)16-8-7-12(17)15-16/h3-6H,7-9H2,1-2H3,(H,15,17)/p+1. The molecule has 2 rings (SSSR count). The number of carbonyl (C=O) groups is 1. The Hall–Kier alpha value is -1.33. The van der Waals surface area contributed by atoms with Crippen molar-refractivity contribution in [2.24, 2.45) is 4.99 Å². The number of rotatable bonds is 2. The number of quaternary nitrogens is 1. The number of aryl methyl sites for hydroxylation is 1. The van der Waals surface area contributed by atoms with E-state index in [2.05, 4.69) is 41.6 Å². The summed E-state index contributed by atoms with van der Waals surface area (Å²) in [6, 6.07) is 8.49. The summed E-state index contributed by atoms with van der Waals surface area (Å²) in [7, 11) is 1.77. The smallest absolute Gasteiger partial charge is 0.270 e. The van der Waals surface area contributed by atoms with Crippen LogP contribution in [0.3, 0.4) is 0 Å². The van der Waals surface area contributed by atoms with Gasteiger partial charge in [0, 0.05) is 12.8 Å². The van der Waals surface area contributed by atoms with E-state index in [0.717, 1.165) is 22.5 Å². The molecular formula is C13H18N3OS+. The summed E-state index contributed by atoms with van der Waals surface area (Å²) in [5, 5.41) is 1.92. The van der Waals surface area contributed by atoms with Crippen molar-refractivity contribution in [2.45, 2.75) is 19.1 Å². The van der Waals surface area contributed by atoms with Gasteiger partial charge in [-0.3, -0.25) is 4.79 Å². The molecule has 0 radical (unpaired) electrons. The van der Waals surface area contributed by atoms with Crippen LogP contribution in [0.4, 0.5) is 0 Å². The summed E-state index contributed by atoms with van der Waals surface area (Å²) in [5.74, 6) is 0.980. The highest BCUT2D eigenvalue weighted by molar-refractivity contribution is 8.12. The third kappa shape index (κ3) is 3.34. The van der Waals surface area contributed by atoms with Gasteiger partial charge in [-0.05, 0) is 24.2 Å². The van der Waals surface area contributed by atoms with E-state index in [1.165, 1.54) is 11.1 Å². The van der Waals surface area contributed by atoms with Gasteiger partial charge in [0.05, 0.1) is 6.42 Å². The van der Waals surface area contributed by atoms with Gasteiger partial charge in [0.15, 0.2) is 0 Å². The van der Waals surface area contributed by atoms with Crippen molar-refractivity contribution in [3.63, 3.8) is 0 Å². The van der Waals surface area contributed by atoms with Crippen LogP contribution in [0.15, 0.2) is 29.3 Å². The molecule has 18 heavy (non-hydrogen) atoms. The minimum atomic E-state index is 0.0992. The molecule has 5 heteroatoms. The second-order valence-corrected chi connectivity index (χ2v) is 5.29. The molecule has 1 heterocycles. The fourth-order valence-electron chi connectivity index (χ4n) is 1.81. The van der Waals surface area contributed by atoms with Crippen LogP contribution in [-0.2, 0) is 10.5 Å². The van der Waals surface area contributed by atoms with Crippen molar-refractivity contribution in [1.82, 2.24) is 5.43 Å². The summed E-state index contributed by atoms with van der Waals surface area (Å²) >= 11 is 1.68. The first-order valence-electron chi connectivity index (χ1n) is 6.00. The number of amidine groups is 1. The fraction of sp³-hybridized carbons (Fsp3) is 0.385. The Labute approximate surface area is 111 Å². The molecule has 1 aliphatic heterocycles. The molecule has 0 spiro atoms. The predicted octanol–water partition coefficient (Wildman–Crippen LogP) is 0.534. The van der Waals surface area contributed by atoms with Crippen LogP contribution < -0.4 is 10.4 Å². The van der Waals surface area contributed by atoms with Crippen LogP contribution >= 0.6 is 11.8 Å². The van der Waals surface area contributed by atoms with Gasteiger partial charge in [-0.25, -0.2) is 4.99 Å². The zero-order valence-corrected chi connectivity index (χ0v) is 11.5. The number of carbonyl (C=O) groups excluding carboxylic acids is 1. The first-order chi connectivity index (χ1) is 8.69. The lowest BCUT2D eigenvalue weighted by Gasteiger charge is -2.11. The second kappa shape index (κ2) is 6.02. The van der Waals surface area contributed by atoms with Gasteiger partial charge in [0.25, 0.3) is 11.1 Å². The highest BCUT2D eigenvalue weighted by Crippen LogP contribution is 2.12. The third-order valence-corrected chi connectivity index (χ3v) is 4.03. The molecular weight excluding hydrogens is 246 g/mol. The second-order valence-electron chi connectivity index (χ2n) is 4.33. The quantitative estimate of drug-likeness (QED) is 0.605. The van der Waals surface area contributed by atoms with Crippen LogP contribution in [0.25, 0.3) is 0 Å². The molecule has 1 atom stereocenters. The molecule has 1 aromatic carbocycles. The van der Waals surface area contributed by atoms with Gasteiger partial charge in [-0.15, -0.1) is 0 Å². The Morgan fingerprint density at radius 2 is 2.17 bits per heavy atom. The number of hydrogen-bond acceptors (Lipinski definition) is 3. The van der Waals surface area contributed by atoms with Gasteiger partial charge in [0.1, 0.15) is 6.54 Å². The summed E-state index contributed by atoms with van der Waals surface area (Å²) in [5.41, 5.74) is 5.42. The first kappa shape index (κ1) is 13.1. The fourth-order valence-corrected chi connectivity index (χ4v) is 2.77. The monoisotopic (exact) mass is 264 g/mol. The zero-order chi connectivity index (χ0) is 13.0. The van der Waals surface area contributed by atoms with E-state index in [1.807, 2.05) is 0 Å². The first-order valence-corrected chi connectivity index (χ1v) is 6.99. The number of aliphatic imine (C=N–C) groups is 1. The zero-order valence-electron chi connectivity index (χ0n) is 10.7. The van der Waals surface area contributed by atoms with E-state index in [0.29, 0.717) is 6.42 Å². The molecule has 96 valence electrons. The molecule has 0 bridgehead atoms. The van der Waals surface area contributed by atoms with Crippen LogP contribution in [0.2, 0.25) is 0 Å². The van der Waals surface area contributed by atoms with Crippen LogP contribution in [0.1, 0.15) is 17.5 Å². The maximum absolute atomic E-state index is 11.2. The molecule has 2 N–H and O–H groups in total. The summed E-state index contributed by atoms with van der Waals surface area (Å²) in [6.45, 7) is 2.87. The summed E-state index contributed by atoms with van der Waals surface area (Å²) < 4.78 is 0. The van der Waals surface area contributed by atoms with E-state index in [4.69, 9.17) is 0 Å². The van der Waals surface area contributed by atoms with Crippen molar-refractivity contribution < 1.29 is 9.80 Å². The third-order valence-electron chi connectivity index (χ3n) is 2.85. The number of benzene rings is 1. The number of thioether (sulfide) groups is 1. The Kier molecular flexibility index (Phi) is 4.38. The summed E-state index contributed by atoms with van der Waals surface area (Å²) in [6.07, 6.45) is 0.583. The van der Waals surface area contributed by atoms with Crippen LogP contribution in [0, 0.1) is 6.92 Å². The Morgan fingerprint density at radius 1 is 1.44 bits per heavy atom. The van der Waals surface area contributed by atoms with E-state index < -0.39 is 0 Å². The Morgan fingerprint density at radius 3 is 2.72 bits per heavy atom. The van der Waals surface area contributed by atoms with E-state index in [1.54, 1.807) is 18.8 Å². The molecule has 1 fully saturated rings. The molecule has 0 aromatic heterocycles. The van der Waals surface area contributed by atoms with Gasteiger partial charge >= 0.3 is 0 Å². The van der Waals surface area contributed by atoms with E-state index >= 15 is 0 Å². The van der Waals surface area contributed by atoms with Crippen molar-refractivity contribution in [2.75, 3.05) is 13.6 Å². The SMILES string of the molecule is CN=C(SCc1ccc(C)cc1)[NH+]1CCC(=O)N1. The minimum Gasteiger partial charge on any atom is -0.270 e. The average molecular weight is 264 g/mol. The molecule has 1 aromatic rings. The predicted molar refractivity (Wildman–Crippen MR) is 74.4 cm³/mol. The Bertz CT molecular complexity index is 456. The molecule has 1 saturated heterocycles. The van der Waals surface area contributed by atoms with Gasteiger partial charge < -0.3 is 0 Å². The van der Waals surface area contributed by atoms with Crippen LogP contribution in [-0.4, -0.2) is 24.7 Å². The van der Waals surface area contributed by atoms with Crippen molar-refractivity contribution in [1.29, 1.82) is 0 Å². The van der Waals surface area contributed by atoms with Crippen molar-refractivity contribution in [3.05, 3.63) is 35.4 Å². The number of amides is 1. The maximum Gasteiger partial charge on any atom is 0.282 e. The molecule has 1 unspecified atom stereocenters. The lowest BCUT2D eigenvalue weighted by Crippen LogP contribution is -3.18. The maximum atomic E-state index is 11.2. The lowest BCUT2D eigenvalue weighted by molar-refractivity contribution is -0.830. The average Bonchev–Trinajstić information content (AvgIpc) is 2.79.